The third-order valence-electron chi connectivity index (χ3n) is 4.57. The van der Waals surface area contributed by atoms with Crippen molar-refractivity contribution in [1.82, 2.24) is 5.32 Å². The van der Waals surface area contributed by atoms with Crippen LogP contribution in [-0.4, -0.2) is 24.3 Å². The molecule has 0 saturated heterocycles. The van der Waals surface area contributed by atoms with Crippen molar-refractivity contribution in [1.29, 1.82) is 0 Å². The van der Waals surface area contributed by atoms with Crippen molar-refractivity contribution in [2.75, 3.05) is 17.2 Å². The second-order valence-corrected chi connectivity index (χ2v) is 6.28. The zero-order valence-electron chi connectivity index (χ0n) is 13.5. The molecule has 1 heterocycles. The van der Waals surface area contributed by atoms with Gasteiger partial charge in [-0.25, -0.2) is 0 Å². The second kappa shape index (κ2) is 6.05. The quantitative estimate of drug-likeness (QED) is 0.747. The maximum absolute atomic E-state index is 12.1. The van der Waals surface area contributed by atoms with E-state index in [4.69, 9.17) is 0 Å². The predicted octanol–water partition coefficient (Wildman–Crippen LogP) is 2.11. The summed E-state index contributed by atoms with van der Waals surface area (Å²) in [5.74, 6) is -1.06. The van der Waals surface area contributed by atoms with Crippen LogP contribution in [0.4, 0.5) is 11.4 Å². The highest BCUT2D eigenvalue weighted by molar-refractivity contribution is 6.22. The summed E-state index contributed by atoms with van der Waals surface area (Å²) in [5, 5.41) is 8.08. The van der Waals surface area contributed by atoms with Gasteiger partial charge in [0.2, 0.25) is 5.91 Å². The second-order valence-electron chi connectivity index (χ2n) is 6.28. The van der Waals surface area contributed by atoms with Crippen LogP contribution in [0.5, 0.6) is 0 Å². The summed E-state index contributed by atoms with van der Waals surface area (Å²) in [6.45, 7) is 0.126. The number of aryl methyl sites for hydroxylation is 2. The highest BCUT2D eigenvalue weighted by Crippen LogP contribution is 2.25. The van der Waals surface area contributed by atoms with Gasteiger partial charge in [-0.15, -0.1) is 0 Å². The normalized spacial score (nSPS) is 14.7. The fourth-order valence-electron chi connectivity index (χ4n) is 3.31. The highest BCUT2D eigenvalue weighted by atomic mass is 16.2. The van der Waals surface area contributed by atoms with Crippen LogP contribution in [0.1, 0.15) is 38.3 Å². The van der Waals surface area contributed by atoms with Crippen LogP contribution in [0.2, 0.25) is 0 Å². The number of anilines is 2. The number of nitrogens with one attached hydrogen (secondary N) is 3. The Morgan fingerprint density at radius 3 is 2.56 bits per heavy atom. The van der Waals surface area contributed by atoms with Gasteiger partial charge in [-0.05, 0) is 60.7 Å². The Kier molecular flexibility index (Phi) is 3.72. The zero-order valence-corrected chi connectivity index (χ0v) is 13.5. The van der Waals surface area contributed by atoms with Crippen LogP contribution < -0.4 is 16.0 Å². The van der Waals surface area contributed by atoms with Crippen LogP contribution in [0.3, 0.4) is 0 Å². The Labute approximate surface area is 144 Å². The van der Waals surface area contributed by atoms with Gasteiger partial charge in [0.05, 0.1) is 17.7 Å². The molecule has 0 saturated carbocycles. The Morgan fingerprint density at radius 1 is 0.920 bits per heavy atom. The fraction of sp³-hybridized carbons (Fsp3) is 0.211. The van der Waals surface area contributed by atoms with Crippen LogP contribution in [0.25, 0.3) is 0 Å². The lowest BCUT2D eigenvalue weighted by Crippen LogP contribution is -2.22. The predicted molar refractivity (Wildman–Crippen MR) is 93.8 cm³/mol. The minimum absolute atomic E-state index is 0.126. The summed E-state index contributed by atoms with van der Waals surface area (Å²) in [7, 11) is 0. The summed E-state index contributed by atoms with van der Waals surface area (Å²) < 4.78 is 0. The van der Waals surface area contributed by atoms with E-state index in [1.165, 1.54) is 23.6 Å². The zero-order chi connectivity index (χ0) is 17.4. The van der Waals surface area contributed by atoms with Gasteiger partial charge < -0.3 is 10.6 Å². The topological polar surface area (TPSA) is 87.3 Å². The van der Waals surface area contributed by atoms with Crippen LogP contribution in [0.15, 0.2) is 36.4 Å². The number of rotatable bonds is 4. The number of fused-ring (bicyclic) bond motifs is 2. The molecule has 0 atom stereocenters. The number of amides is 3. The number of benzene rings is 2. The molecule has 0 spiro atoms. The molecule has 0 aromatic heterocycles. The first-order chi connectivity index (χ1) is 12.1. The first-order valence-corrected chi connectivity index (χ1v) is 8.25. The molecule has 6 heteroatoms. The van der Waals surface area contributed by atoms with E-state index in [2.05, 4.69) is 28.1 Å². The van der Waals surface area contributed by atoms with Crippen molar-refractivity contribution in [2.24, 2.45) is 0 Å². The van der Waals surface area contributed by atoms with Crippen molar-refractivity contribution in [2.45, 2.75) is 19.3 Å². The van der Waals surface area contributed by atoms with Crippen LogP contribution in [-0.2, 0) is 17.6 Å². The maximum Gasteiger partial charge on any atom is 0.259 e. The van der Waals surface area contributed by atoms with E-state index in [-0.39, 0.29) is 18.0 Å². The van der Waals surface area contributed by atoms with Gasteiger partial charge in [-0.2, -0.15) is 0 Å². The van der Waals surface area contributed by atoms with E-state index >= 15 is 0 Å². The molecular formula is C19H17N3O3. The molecule has 25 heavy (non-hydrogen) atoms. The number of hydrogen-bond donors (Lipinski definition) is 3. The van der Waals surface area contributed by atoms with E-state index in [0.29, 0.717) is 11.3 Å². The maximum atomic E-state index is 12.1. The van der Waals surface area contributed by atoms with Crippen molar-refractivity contribution in [3.05, 3.63) is 58.7 Å². The minimum Gasteiger partial charge on any atom is -0.376 e. The van der Waals surface area contributed by atoms with Gasteiger partial charge in [-0.1, -0.05) is 6.07 Å². The Hall–Kier alpha value is -3.15. The van der Waals surface area contributed by atoms with Crippen molar-refractivity contribution in [3.63, 3.8) is 0 Å². The third-order valence-corrected chi connectivity index (χ3v) is 4.57. The molecule has 4 rings (SSSR count). The van der Waals surface area contributed by atoms with Gasteiger partial charge in [0.25, 0.3) is 11.8 Å². The molecule has 126 valence electrons. The lowest BCUT2D eigenvalue weighted by Gasteiger charge is -2.10. The van der Waals surface area contributed by atoms with Crippen LogP contribution >= 0.6 is 0 Å². The van der Waals surface area contributed by atoms with Gasteiger partial charge in [0.1, 0.15) is 0 Å². The first-order valence-electron chi connectivity index (χ1n) is 8.25. The first kappa shape index (κ1) is 15.4. The summed E-state index contributed by atoms with van der Waals surface area (Å²) in [4.78, 5) is 35.3. The number of imide groups is 1. The lowest BCUT2D eigenvalue weighted by molar-refractivity contribution is -0.114. The molecule has 0 unspecified atom stereocenters. The molecule has 6 nitrogen and oxygen atoms in total. The molecular weight excluding hydrogens is 318 g/mol. The molecule has 1 aliphatic carbocycles. The Morgan fingerprint density at radius 2 is 1.68 bits per heavy atom. The van der Waals surface area contributed by atoms with Gasteiger partial charge in [0, 0.05) is 11.4 Å². The van der Waals surface area contributed by atoms with E-state index in [1.54, 1.807) is 12.1 Å². The van der Waals surface area contributed by atoms with E-state index < -0.39 is 11.8 Å². The summed E-state index contributed by atoms with van der Waals surface area (Å²) in [6, 6.07) is 10.9. The third kappa shape index (κ3) is 2.98. The largest absolute Gasteiger partial charge is 0.376 e. The number of carbonyl (C=O) groups is 3. The summed E-state index contributed by atoms with van der Waals surface area (Å²) >= 11 is 0. The highest BCUT2D eigenvalue weighted by Gasteiger charge is 2.26. The van der Waals surface area contributed by atoms with Crippen molar-refractivity contribution >= 4 is 29.1 Å². The molecule has 2 aromatic carbocycles. The molecule has 2 aromatic rings. The van der Waals surface area contributed by atoms with Crippen LogP contribution in [0, 0.1) is 0 Å². The standard InChI is InChI=1S/C19H17N3O3/c23-17(10-20-13-5-4-11-2-1-3-12(11)8-13)21-14-6-7-15-16(9-14)19(25)22-18(15)24/h4-9,20H,1-3,10H2,(H,21,23)(H,22,24,25). The van der Waals surface area contributed by atoms with E-state index in [1.807, 2.05) is 6.07 Å². The Bertz CT molecular complexity index is 905. The Balaban J connectivity index is 1.39. The van der Waals surface area contributed by atoms with Crippen molar-refractivity contribution in [3.8, 4) is 0 Å². The SMILES string of the molecule is O=C(CNc1ccc2c(c1)CCC2)Nc1ccc2c(c1)C(=O)NC2=O. The number of hydrogen-bond acceptors (Lipinski definition) is 4. The minimum atomic E-state index is -0.438. The monoisotopic (exact) mass is 335 g/mol. The average Bonchev–Trinajstić information content (AvgIpc) is 3.17. The molecule has 0 radical (unpaired) electrons. The average molecular weight is 335 g/mol. The molecule has 3 N–H and O–H groups in total. The van der Waals surface area contributed by atoms with E-state index in [9.17, 15) is 14.4 Å². The number of carbonyl (C=O) groups excluding carboxylic acids is 3. The molecule has 0 fully saturated rings. The molecule has 1 aliphatic heterocycles. The van der Waals surface area contributed by atoms with Gasteiger partial charge in [0.15, 0.2) is 0 Å². The van der Waals surface area contributed by atoms with Gasteiger partial charge >= 0.3 is 0 Å². The van der Waals surface area contributed by atoms with Crippen molar-refractivity contribution < 1.29 is 14.4 Å². The lowest BCUT2D eigenvalue weighted by atomic mass is 10.1. The fourth-order valence-corrected chi connectivity index (χ4v) is 3.31. The van der Waals surface area contributed by atoms with Gasteiger partial charge in [-0.3, -0.25) is 19.7 Å². The summed E-state index contributed by atoms with van der Waals surface area (Å²) in [5.41, 5.74) is 4.77. The van der Waals surface area contributed by atoms with E-state index in [0.717, 1.165) is 18.5 Å². The molecule has 3 amide bonds. The molecule has 0 bridgehead atoms. The smallest absolute Gasteiger partial charge is 0.259 e. The molecule has 2 aliphatic rings. The summed E-state index contributed by atoms with van der Waals surface area (Å²) in [6.07, 6.45) is 3.41.